The SMILES string of the molecule is COc1cccc2c1NC(=O)C[C@@H]2C(=O)N(C)Cc1ccc2nsnc2c1. The topological polar surface area (TPSA) is 84.4 Å². The molecule has 1 N–H and O–H groups in total. The second-order valence-corrected chi connectivity index (χ2v) is 7.04. The first-order valence-corrected chi connectivity index (χ1v) is 9.23. The summed E-state index contributed by atoms with van der Waals surface area (Å²) in [5.41, 5.74) is 4.01. The first-order chi connectivity index (χ1) is 13.1. The standard InChI is InChI=1S/C19H18N4O3S/c1-23(10-11-6-7-14-15(8-11)22-27-21-14)19(25)13-9-17(24)20-18-12(13)4-3-5-16(18)26-2/h3-8,13H,9-10H2,1-2H3,(H,20,24)/t13-/m0/s1. The predicted octanol–water partition coefficient (Wildman–Crippen LogP) is 2.78. The smallest absolute Gasteiger partial charge is 0.230 e. The number of ether oxygens (including phenoxy) is 1. The number of carbonyl (C=O) groups excluding carboxylic acids is 2. The number of aromatic nitrogens is 2. The molecule has 0 saturated carbocycles. The van der Waals surface area contributed by atoms with E-state index in [9.17, 15) is 9.59 Å². The van der Waals surface area contributed by atoms with Crippen molar-refractivity contribution >= 4 is 40.3 Å². The van der Waals surface area contributed by atoms with Gasteiger partial charge in [-0.05, 0) is 29.3 Å². The number of hydrogen-bond acceptors (Lipinski definition) is 6. The molecule has 1 aromatic heterocycles. The molecule has 0 bridgehead atoms. The highest BCUT2D eigenvalue weighted by atomic mass is 32.1. The van der Waals surface area contributed by atoms with Gasteiger partial charge in [0.15, 0.2) is 0 Å². The number of rotatable bonds is 4. The average Bonchev–Trinajstić information content (AvgIpc) is 3.14. The van der Waals surface area contributed by atoms with Gasteiger partial charge in [-0.3, -0.25) is 9.59 Å². The molecule has 7 nitrogen and oxygen atoms in total. The van der Waals surface area contributed by atoms with Gasteiger partial charge in [-0.15, -0.1) is 0 Å². The van der Waals surface area contributed by atoms with Crippen LogP contribution in [0.3, 0.4) is 0 Å². The van der Waals surface area contributed by atoms with Gasteiger partial charge in [-0.1, -0.05) is 18.2 Å². The van der Waals surface area contributed by atoms with Gasteiger partial charge < -0.3 is 15.0 Å². The summed E-state index contributed by atoms with van der Waals surface area (Å²) < 4.78 is 13.8. The van der Waals surface area contributed by atoms with Crippen LogP contribution < -0.4 is 10.1 Å². The number of benzene rings is 2. The Bertz CT molecular complexity index is 1030. The van der Waals surface area contributed by atoms with Crippen LogP contribution in [0.2, 0.25) is 0 Å². The number of likely N-dealkylation sites (N-methyl/N-ethyl adjacent to an activating group) is 1. The Kier molecular flexibility index (Phi) is 4.49. The Morgan fingerprint density at radius 2 is 2.11 bits per heavy atom. The lowest BCUT2D eigenvalue weighted by Gasteiger charge is -2.29. The van der Waals surface area contributed by atoms with E-state index in [0.717, 1.165) is 22.2 Å². The Morgan fingerprint density at radius 1 is 1.30 bits per heavy atom. The van der Waals surface area contributed by atoms with Crippen LogP contribution in [-0.4, -0.2) is 39.6 Å². The van der Waals surface area contributed by atoms with Gasteiger partial charge in [0.05, 0.1) is 30.4 Å². The van der Waals surface area contributed by atoms with Crippen molar-refractivity contribution in [3.8, 4) is 5.75 Å². The van der Waals surface area contributed by atoms with Crippen molar-refractivity contribution in [3.63, 3.8) is 0 Å². The van der Waals surface area contributed by atoms with Crippen LogP contribution in [0.15, 0.2) is 36.4 Å². The number of anilines is 1. The molecular weight excluding hydrogens is 364 g/mol. The molecule has 0 radical (unpaired) electrons. The molecule has 0 saturated heterocycles. The summed E-state index contributed by atoms with van der Waals surface area (Å²) >= 11 is 1.17. The number of fused-ring (bicyclic) bond motifs is 2. The van der Waals surface area contributed by atoms with Crippen LogP contribution >= 0.6 is 11.7 Å². The maximum Gasteiger partial charge on any atom is 0.230 e. The van der Waals surface area contributed by atoms with E-state index in [1.165, 1.54) is 11.7 Å². The first-order valence-electron chi connectivity index (χ1n) is 8.49. The summed E-state index contributed by atoms with van der Waals surface area (Å²) in [6, 6.07) is 11.2. The molecule has 0 aliphatic carbocycles. The molecule has 1 atom stereocenters. The Balaban J connectivity index is 1.59. The molecule has 2 amide bonds. The minimum atomic E-state index is -0.529. The number of nitrogens with one attached hydrogen (secondary N) is 1. The van der Waals surface area contributed by atoms with Crippen molar-refractivity contribution in [2.75, 3.05) is 19.5 Å². The van der Waals surface area contributed by atoms with E-state index in [2.05, 4.69) is 14.1 Å². The van der Waals surface area contributed by atoms with E-state index < -0.39 is 5.92 Å². The summed E-state index contributed by atoms with van der Waals surface area (Å²) in [5.74, 6) is -0.259. The number of para-hydroxylation sites is 1. The van der Waals surface area contributed by atoms with Crippen LogP contribution in [0.4, 0.5) is 5.69 Å². The fourth-order valence-electron chi connectivity index (χ4n) is 3.39. The molecule has 1 aliphatic rings. The van der Waals surface area contributed by atoms with Crippen LogP contribution in [0.25, 0.3) is 11.0 Å². The quantitative estimate of drug-likeness (QED) is 0.750. The third kappa shape index (κ3) is 3.23. The maximum absolute atomic E-state index is 13.1. The molecule has 0 spiro atoms. The molecule has 3 aromatic rings. The van der Waals surface area contributed by atoms with Crippen LogP contribution in [0, 0.1) is 0 Å². The van der Waals surface area contributed by atoms with Crippen molar-refractivity contribution in [1.29, 1.82) is 0 Å². The largest absolute Gasteiger partial charge is 0.495 e. The van der Waals surface area contributed by atoms with Gasteiger partial charge in [0.1, 0.15) is 16.8 Å². The van der Waals surface area contributed by atoms with Gasteiger partial charge in [-0.2, -0.15) is 8.75 Å². The zero-order chi connectivity index (χ0) is 19.0. The van der Waals surface area contributed by atoms with Crippen LogP contribution in [0.5, 0.6) is 5.75 Å². The number of carbonyl (C=O) groups is 2. The minimum absolute atomic E-state index is 0.101. The summed E-state index contributed by atoms with van der Waals surface area (Å²) in [5, 5.41) is 2.82. The zero-order valence-corrected chi connectivity index (χ0v) is 15.7. The average molecular weight is 382 g/mol. The van der Waals surface area contributed by atoms with Crippen molar-refractivity contribution < 1.29 is 14.3 Å². The second kappa shape index (κ2) is 6.96. The van der Waals surface area contributed by atoms with Crippen molar-refractivity contribution in [2.24, 2.45) is 0 Å². The lowest BCUT2D eigenvalue weighted by Crippen LogP contribution is -2.36. The van der Waals surface area contributed by atoms with Gasteiger partial charge in [0.25, 0.3) is 0 Å². The normalized spacial score (nSPS) is 15.9. The summed E-state index contributed by atoms with van der Waals surface area (Å²) in [6.45, 7) is 0.434. The highest BCUT2D eigenvalue weighted by molar-refractivity contribution is 7.00. The Morgan fingerprint density at radius 3 is 2.93 bits per heavy atom. The van der Waals surface area contributed by atoms with Gasteiger partial charge in [0.2, 0.25) is 11.8 Å². The number of hydrogen-bond donors (Lipinski definition) is 1. The zero-order valence-electron chi connectivity index (χ0n) is 14.9. The molecule has 138 valence electrons. The molecule has 0 unspecified atom stereocenters. The summed E-state index contributed by atoms with van der Waals surface area (Å²) in [6.07, 6.45) is 0.123. The third-order valence-corrected chi connectivity index (χ3v) is 5.28. The van der Waals surface area contributed by atoms with Crippen molar-refractivity contribution in [3.05, 3.63) is 47.5 Å². The second-order valence-electron chi connectivity index (χ2n) is 6.51. The van der Waals surface area contributed by atoms with Crippen LogP contribution in [-0.2, 0) is 16.1 Å². The molecule has 27 heavy (non-hydrogen) atoms. The van der Waals surface area contributed by atoms with Crippen molar-refractivity contribution in [2.45, 2.75) is 18.9 Å². The highest BCUT2D eigenvalue weighted by Crippen LogP contribution is 2.39. The molecular formula is C19H18N4O3S. The number of amides is 2. The summed E-state index contributed by atoms with van der Waals surface area (Å²) in [7, 11) is 3.29. The number of nitrogens with zero attached hydrogens (tertiary/aromatic N) is 3. The Labute approximate surface area is 160 Å². The molecule has 1 aliphatic heterocycles. The molecule has 0 fully saturated rings. The van der Waals surface area contributed by atoms with E-state index in [-0.39, 0.29) is 18.2 Å². The minimum Gasteiger partial charge on any atom is -0.495 e. The molecule has 2 heterocycles. The molecule has 2 aromatic carbocycles. The van der Waals surface area contributed by atoms with E-state index in [1.807, 2.05) is 30.3 Å². The molecule has 4 rings (SSSR count). The number of methoxy groups -OCH3 is 1. The predicted molar refractivity (Wildman–Crippen MR) is 103 cm³/mol. The lowest BCUT2D eigenvalue weighted by molar-refractivity contribution is -0.134. The Hall–Kier alpha value is -3.00. The third-order valence-electron chi connectivity index (χ3n) is 4.72. The first kappa shape index (κ1) is 17.4. The van der Waals surface area contributed by atoms with Gasteiger partial charge in [0, 0.05) is 20.0 Å². The van der Waals surface area contributed by atoms with Crippen LogP contribution in [0.1, 0.15) is 23.5 Å². The highest BCUT2D eigenvalue weighted by Gasteiger charge is 2.34. The lowest BCUT2D eigenvalue weighted by atomic mass is 9.89. The fraction of sp³-hybridized carbons (Fsp3) is 0.263. The molecule has 8 heteroatoms. The monoisotopic (exact) mass is 382 g/mol. The maximum atomic E-state index is 13.1. The fourth-order valence-corrected chi connectivity index (χ4v) is 3.91. The van der Waals surface area contributed by atoms with Gasteiger partial charge >= 0.3 is 0 Å². The van der Waals surface area contributed by atoms with Gasteiger partial charge in [-0.25, -0.2) is 0 Å². The van der Waals surface area contributed by atoms with E-state index in [0.29, 0.717) is 18.0 Å². The van der Waals surface area contributed by atoms with Crippen molar-refractivity contribution in [1.82, 2.24) is 13.6 Å². The van der Waals surface area contributed by atoms with E-state index in [4.69, 9.17) is 4.74 Å². The summed E-state index contributed by atoms with van der Waals surface area (Å²) in [4.78, 5) is 26.9. The van der Waals surface area contributed by atoms with E-state index >= 15 is 0 Å². The van der Waals surface area contributed by atoms with E-state index in [1.54, 1.807) is 25.1 Å².